The number of aliphatic carboxylic acids is 1. The summed E-state index contributed by atoms with van der Waals surface area (Å²) in [4.78, 5) is 22.8. The van der Waals surface area contributed by atoms with Gasteiger partial charge in [-0.1, -0.05) is 18.6 Å². The Labute approximate surface area is 122 Å². The van der Waals surface area contributed by atoms with E-state index in [0.29, 0.717) is 18.4 Å². The van der Waals surface area contributed by atoms with Gasteiger partial charge in [-0.25, -0.2) is 4.39 Å². The van der Waals surface area contributed by atoms with Crippen molar-refractivity contribution in [1.82, 2.24) is 5.32 Å². The maximum atomic E-state index is 13.0. The van der Waals surface area contributed by atoms with Gasteiger partial charge in [0.05, 0.1) is 5.92 Å². The summed E-state index contributed by atoms with van der Waals surface area (Å²) in [5, 5.41) is 11.8. The lowest BCUT2D eigenvalue weighted by molar-refractivity contribution is -0.143. The van der Waals surface area contributed by atoms with Crippen LogP contribution in [0.15, 0.2) is 30.3 Å². The second-order valence-electron chi connectivity index (χ2n) is 5.30. The van der Waals surface area contributed by atoms with Gasteiger partial charge in [-0.05, 0) is 43.0 Å². The molecule has 1 aliphatic rings. The zero-order valence-corrected chi connectivity index (χ0v) is 11.6. The number of hydrogen-bond donors (Lipinski definition) is 2. The average Bonchev–Trinajstić information content (AvgIpc) is 2.45. The van der Waals surface area contributed by atoms with Gasteiger partial charge in [0.25, 0.3) is 0 Å². The van der Waals surface area contributed by atoms with Crippen molar-refractivity contribution in [2.45, 2.75) is 31.7 Å². The van der Waals surface area contributed by atoms with E-state index in [1.807, 2.05) is 0 Å². The Morgan fingerprint density at radius 3 is 2.86 bits per heavy atom. The highest BCUT2D eigenvalue weighted by atomic mass is 19.1. The van der Waals surface area contributed by atoms with E-state index in [-0.39, 0.29) is 23.7 Å². The number of hydrogen-bond acceptors (Lipinski definition) is 2. The summed E-state index contributed by atoms with van der Waals surface area (Å²) in [6.45, 7) is 0. The van der Waals surface area contributed by atoms with Crippen LogP contribution in [0.4, 0.5) is 4.39 Å². The highest BCUT2D eigenvalue weighted by molar-refractivity contribution is 5.91. The standard InChI is InChI=1S/C16H18FNO3/c17-13-5-1-3-11(9-13)7-8-15(19)18-14-6-2-4-12(10-14)16(20)21/h1,3,5,7-9,12,14H,2,4,6,10H2,(H,18,19)(H,20,21). The number of nitrogens with one attached hydrogen (secondary N) is 1. The number of carbonyl (C=O) groups is 2. The van der Waals surface area contributed by atoms with Gasteiger partial charge >= 0.3 is 5.97 Å². The van der Waals surface area contributed by atoms with Crippen LogP contribution in [0.3, 0.4) is 0 Å². The first kappa shape index (κ1) is 15.2. The SMILES string of the molecule is O=C(C=Cc1cccc(F)c1)NC1CCCC(C(=O)O)C1. The number of carbonyl (C=O) groups excluding carboxylic acids is 1. The van der Waals surface area contributed by atoms with Crippen LogP contribution in [0, 0.1) is 11.7 Å². The van der Waals surface area contributed by atoms with Crippen molar-refractivity contribution in [3.63, 3.8) is 0 Å². The number of carboxylic acid groups (broad SMARTS) is 1. The first-order chi connectivity index (χ1) is 10.0. The third-order valence-corrected chi connectivity index (χ3v) is 3.65. The first-order valence-corrected chi connectivity index (χ1v) is 7.01. The fourth-order valence-electron chi connectivity index (χ4n) is 2.58. The maximum absolute atomic E-state index is 13.0. The van der Waals surface area contributed by atoms with Crippen molar-refractivity contribution >= 4 is 18.0 Å². The third-order valence-electron chi connectivity index (χ3n) is 3.65. The van der Waals surface area contributed by atoms with Gasteiger partial charge in [-0.3, -0.25) is 9.59 Å². The molecule has 5 heteroatoms. The van der Waals surface area contributed by atoms with E-state index in [1.54, 1.807) is 12.1 Å². The molecule has 2 atom stereocenters. The smallest absolute Gasteiger partial charge is 0.306 e. The van der Waals surface area contributed by atoms with Gasteiger partial charge in [-0.2, -0.15) is 0 Å². The molecule has 2 rings (SSSR count). The molecule has 0 bridgehead atoms. The van der Waals surface area contributed by atoms with Crippen LogP contribution in [0.2, 0.25) is 0 Å². The molecule has 0 heterocycles. The van der Waals surface area contributed by atoms with Crippen molar-refractivity contribution in [2.24, 2.45) is 5.92 Å². The Morgan fingerprint density at radius 2 is 2.14 bits per heavy atom. The van der Waals surface area contributed by atoms with Crippen LogP contribution in [0.25, 0.3) is 6.08 Å². The normalized spacial score (nSPS) is 22.1. The minimum Gasteiger partial charge on any atom is -0.481 e. The van der Waals surface area contributed by atoms with E-state index in [2.05, 4.69) is 5.32 Å². The van der Waals surface area contributed by atoms with Crippen LogP contribution >= 0.6 is 0 Å². The topological polar surface area (TPSA) is 66.4 Å². The Hall–Kier alpha value is -2.17. The number of carboxylic acids is 1. The summed E-state index contributed by atoms with van der Waals surface area (Å²) in [7, 11) is 0. The average molecular weight is 291 g/mol. The molecule has 0 aromatic heterocycles. The fourth-order valence-corrected chi connectivity index (χ4v) is 2.58. The molecule has 1 saturated carbocycles. The maximum Gasteiger partial charge on any atom is 0.306 e. The van der Waals surface area contributed by atoms with E-state index >= 15 is 0 Å². The minimum atomic E-state index is -0.802. The van der Waals surface area contributed by atoms with E-state index < -0.39 is 5.97 Å². The van der Waals surface area contributed by atoms with E-state index in [4.69, 9.17) is 5.11 Å². The molecule has 1 aromatic carbocycles. The summed E-state index contributed by atoms with van der Waals surface area (Å²) in [6.07, 6.45) is 5.61. The summed E-state index contributed by atoms with van der Waals surface area (Å²) < 4.78 is 13.0. The van der Waals surface area contributed by atoms with Crippen LogP contribution in [0.5, 0.6) is 0 Å². The summed E-state index contributed by atoms with van der Waals surface area (Å²) >= 11 is 0. The third kappa shape index (κ3) is 4.70. The van der Waals surface area contributed by atoms with Crippen LogP contribution in [-0.2, 0) is 9.59 Å². The number of rotatable bonds is 4. The molecule has 112 valence electrons. The van der Waals surface area contributed by atoms with E-state index in [9.17, 15) is 14.0 Å². The molecule has 1 aliphatic carbocycles. The molecule has 0 saturated heterocycles. The quantitative estimate of drug-likeness (QED) is 0.838. The van der Waals surface area contributed by atoms with Crippen molar-refractivity contribution in [3.8, 4) is 0 Å². The van der Waals surface area contributed by atoms with Crippen LogP contribution in [0.1, 0.15) is 31.2 Å². The Bertz CT molecular complexity index is 556. The Morgan fingerprint density at radius 1 is 1.33 bits per heavy atom. The van der Waals surface area contributed by atoms with Gasteiger partial charge in [0.1, 0.15) is 5.82 Å². The van der Waals surface area contributed by atoms with Crippen LogP contribution < -0.4 is 5.32 Å². The van der Waals surface area contributed by atoms with E-state index in [1.165, 1.54) is 24.3 Å². The summed E-state index contributed by atoms with van der Waals surface area (Å²) in [5.74, 6) is -1.81. The predicted octanol–water partition coefficient (Wildman–Crippen LogP) is 2.60. The van der Waals surface area contributed by atoms with Crippen molar-refractivity contribution in [2.75, 3.05) is 0 Å². The van der Waals surface area contributed by atoms with Crippen molar-refractivity contribution < 1.29 is 19.1 Å². The highest BCUT2D eigenvalue weighted by Gasteiger charge is 2.27. The van der Waals surface area contributed by atoms with Gasteiger partial charge < -0.3 is 10.4 Å². The van der Waals surface area contributed by atoms with Gasteiger partial charge in [-0.15, -0.1) is 0 Å². The Balaban J connectivity index is 1.88. The van der Waals surface area contributed by atoms with Crippen molar-refractivity contribution in [3.05, 3.63) is 41.7 Å². The largest absolute Gasteiger partial charge is 0.481 e. The predicted molar refractivity (Wildman–Crippen MR) is 77.0 cm³/mol. The molecule has 2 N–H and O–H groups in total. The molecule has 0 aliphatic heterocycles. The second kappa shape index (κ2) is 7.02. The lowest BCUT2D eigenvalue weighted by Crippen LogP contribution is -2.39. The Kier molecular flexibility index (Phi) is 5.09. The molecular formula is C16H18FNO3. The molecule has 1 amide bonds. The fraction of sp³-hybridized carbons (Fsp3) is 0.375. The van der Waals surface area contributed by atoms with Gasteiger partial charge in [0.2, 0.25) is 5.91 Å². The molecule has 1 aromatic rings. The lowest BCUT2D eigenvalue weighted by atomic mass is 9.86. The molecule has 21 heavy (non-hydrogen) atoms. The number of benzene rings is 1. The lowest BCUT2D eigenvalue weighted by Gasteiger charge is -2.26. The monoisotopic (exact) mass is 291 g/mol. The summed E-state index contributed by atoms with van der Waals surface area (Å²) in [5.41, 5.74) is 0.609. The molecule has 2 unspecified atom stereocenters. The molecule has 0 spiro atoms. The molecule has 0 radical (unpaired) electrons. The zero-order valence-electron chi connectivity index (χ0n) is 11.6. The van der Waals surface area contributed by atoms with Gasteiger partial charge in [0.15, 0.2) is 0 Å². The molecule has 1 fully saturated rings. The zero-order chi connectivity index (χ0) is 15.2. The highest BCUT2D eigenvalue weighted by Crippen LogP contribution is 2.24. The first-order valence-electron chi connectivity index (χ1n) is 7.01. The second-order valence-corrected chi connectivity index (χ2v) is 5.30. The summed E-state index contributed by atoms with van der Waals surface area (Å²) in [6, 6.07) is 5.85. The minimum absolute atomic E-state index is 0.107. The van der Waals surface area contributed by atoms with Crippen molar-refractivity contribution in [1.29, 1.82) is 0 Å². The van der Waals surface area contributed by atoms with Gasteiger partial charge in [0, 0.05) is 12.1 Å². The molecule has 4 nitrogen and oxygen atoms in total. The van der Waals surface area contributed by atoms with E-state index in [0.717, 1.165) is 12.8 Å². The number of amides is 1. The molecular weight excluding hydrogens is 273 g/mol. The number of halogens is 1. The van der Waals surface area contributed by atoms with Crippen LogP contribution in [-0.4, -0.2) is 23.0 Å².